The number of hydrogen-bond acceptors (Lipinski definition) is 5. The molecule has 0 bridgehead atoms. The minimum Gasteiger partial charge on any atom is -0.482 e. The van der Waals surface area contributed by atoms with Crippen LogP contribution in [0.3, 0.4) is 0 Å². The van der Waals surface area contributed by atoms with E-state index in [0.29, 0.717) is 23.9 Å². The maximum atomic E-state index is 11.7. The van der Waals surface area contributed by atoms with Gasteiger partial charge in [-0.05, 0) is 18.2 Å². The predicted molar refractivity (Wildman–Crippen MR) is 73.2 cm³/mol. The number of rotatable bonds is 2. The molecule has 1 aromatic carbocycles. The van der Waals surface area contributed by atoms with Crippen molar-refractivity contribution in [1.29, 1.82) is 0 Å². The number of nitrogens with two attached hydrogens (primary N) is 1. The summed E-state index contributed by atoms with van der Waals surface area (Å²) >= 11 is 0. The molecular formula is C13H15N5O2. The van der Waals surface area contributed by atoms with Gasteiger partial charge in [-0.1, -0.05) is 0 Å². The normalized spacial score (nSPS) is 14.2. The van der Waals surface area contributed by atoms with Gasteiger partial charge in [-0.25, -0.2) is 4.98 Å². The van der Waals surface area contributed by atoms with Gasteiger partial charge < -0.3 is 15.4 Å². The number of carbonyl (C=O) groups is 1. The van der Waals surface area contributed by atoms with Crippen molar-refractivity contribution in [2.24, 2.45) is 12.8 Å². The van der Waals surface area contributed by atoms with E-state index in [1.807, 2.05) is 18.2 Å². The molecule has 7 nitrogen and oxygen atoms in total. The van der Waals surface area contributed by atoms with Crippen LogP contribution in [0.15, 0.2) is 18.2 Å². The summed E-state index contributed by atoms with van der Waals surface area (Å²) < 4.78 is 7.04. The number of carbonyl (C=O) groups excluding carboxylic acids is 1. The van der Waals surface area contributed by atoms with Crippen LogP contribution in [0.5, 0.6) is 5.75 Å². The number of fused-ring (bicyclic) bond motifs is 1. The van der Waals surface area contributed by atoms with Crippen molar-refractivity contribution in [1.82, 2.24) is 14.8 Å². The van der Waals surface area contributed by atoms with Crippen LogP contribution >= 0.6 is 0 Å². The molecule has 104 valence electrons. The van der Waals surface area contributed by atoms with Crippen LogP contribution in [0.1, 0.15) is 5.82 Å². The molecule has 0 saturated carbocycles. The van der Waals surface area contributed by atoms with E-state index in [4.69, 9.17) is 10.5 Å². The van der Waals surface area contributed by atoms with Gasteiger partial charge in [-0.2, -0.15) is 5.10 Å². The number of hydrogen-bond donors (Lipinski definition) is 1. The van der Waals surface area contributed by atoms with Crippen LogP contribution in [0.25, 0.3) is 11.4 Å². The monoisotopic (exact) mass is 273 g/mol. The molecular weight excluding hydrogens is 258 g/mol. The Morgan fingerprint density at radius 3 is 2.90 bits per heavy atom. The standard InChI is InChI=1S/C13H15N5O2/c1-17-9-5-8(3-4-10(9)20-7-12(17)19)13-15-11(6-14)18(2)16-13/h3-5H,6-7,14H2,1-2H3. The average Bonchev–Trinajstić information content (AvgIpc) is 2.84. The summed E-state index contributed by atoms with van der Waals surface area (Å²) in [5.74, 6) is 1.90. The number of benzene rings is 1. The van der Waals surface area contributed by atoms with E-state index in [2.05, 4.69) is 10.1 Å². The molecule has 0 saturated heterocycles. The number of nitrogens with zero attached hydrogens (tertiary/aromatic N) is 4. The highest BCUT2D eigenvalue weighted by molar-refractivity contribution is 5.98. The molecule has 1 amide bonds. The summed E-state index contributed by atoms with van der Waals surface area (Å²) in [6.07, 6.45) is 0. The molecule has 0 fully saturated rings. The molecule has 2 heterocycles. The zero-order chi connectivity index (χ0) is 14.3. The highest BCUT2D eigenvalue weighted by Gasteiger charge is 2.23. The fourth-order valence-electron chi connectivity index (χ4n) is 2.13. The summed E-state index contributed by atoms with van der Waals surface area (Å²) in [5, 5.41) is 4.33. The topological polar surface area (TPSA) is 86.3 Å². The lowest BCUT2D eigenvalue weighted by Crippen LogP contribution is -2.35. The lowest BCUT2D eigenvalue weighted by molar-refractivity contribution is -0.120. The molecule has 1 aliphatic rings. The summed E-state index contributed by atoms with van der Waals surface area (Å²) in [6.45, 7) is 0.401. The van der Waals surface area contributed by atoms with E-state index in [-0.39, 0.29) is 12.5 Å². The molecule has 2 aromatic rings. The van der Waals surface area contributed by atoms with Crippen LogP contribution < -0.4 is 15.4 Å². The smallest absolute Gasteiger partial charge is 0.264 e. The fraction of sp³-hybridized carbons (Fsp3) is 0.308. The summed E-state index contributed by atoms with van der Waals surface area (Å²) in [7, 11) is 3.53. The third kappa shape index (κ3) is 1.92. The molecule has 0 aliphatic carbocycles. The Balaban J connectivity index is 2.05. The Bertz CT molecular complexity index is 679. The first kappa shape index (κ1) is 12.6. The summed E-state index contributed by atoms with van der Waals surface area (Å²) in [4.78, 5) is 17.6. The van der Waals surface area contributed by atoms with Crippen LogP contribution in [0.2, 0.25) is 0 Å². The van der Waals surface area contributed by atoms with Crippen molar-refractivity contribution >= 4 is 11.6 Å². The van der Waals surface area contributed by atoms with Gasteiger partial charge in [0, 0.05) is 19.7 Å². The van der Waals surface area contributed by atoms with Gasteiger partial charge in [0.05, 0.1) is 12.2 Å². The number of aromatic nitrogens is 3. The van der Waals surface area contributed by atoms with Crippen LogP contribution in [0.4, 0.5) is 5.69 Å². The van der Waals surface area contributed by atoms with Gasteiger partial charge in [0.15, 0.2) is 12.4 Å². The Morgan fingerprint density at radius 2 is 2.20 bits per heavy atom. The minimum atomic E-state index is -0.0775. The number of aryl methyl sites for hydroxylation is 1. The first-order valence-corrected chi connectivity index (χ1v) is 6.24. The third-order valence-electron chi connectivity index (χ3n) is 3.34. The van der Waals surface area contributed by atoms with E-state index in [1.165, 1.54) is 0 Å². The van der Waals surface area contributed by atoms with Gasteiger partial charge >= 0.3 is 0 Å². The lowest BCUT2D eigenvalue weighted by atomic mass is 10.1. The van der Waals surface area contributed by atoms with Crippen LogP contribution in [0, 0.1) is 0 Å². The minimum absolute atomic E-state index is 0.0714. The van der Waals surface area contributed by atoms with Crippen LogP contribution in [-0.2, 0) is 18.4 Å². The van der Waals surface area contributed by atoms with Crippen molar-refractivity contribution < 1.29 is 9.53 Å². The maximum absolute atomic E-state index is 11.7. The molecule has 1 aliphatic heterocycles. The number of ether oxygens (including phenoxy) is 1. The third-order valence-corrected chi connectivity index (χ3v) is 3.34. The molecule has 0 unspecified atom stereocenters. The Hall–Kier alpha value is -2.41. The van der Waals surface area contributed by atoms with Crippen LogP contribution in [-0.4, -0.2) is 34.3 Å². The second-order valence-electron chi connectivity index (χ2n) is 4.60. The maximum Gasteiger partial charge on any atom is 0.264 e. The largest absolute Gasteiger partial charge is 0.482 e. The average molecular weight is 273 g/mol. The van der Waals surface area contributed by atoms with Gasteiger partial charge in [-0.3, -0.25) is 9.48 Å². The molecule has 1 aromatic heterocycles. The molecule has 3 rings (SSSR count). The first-order chi connectivity index (χ1) is 9.60. The van der Waals surface area contributed by atoms with E-state index in [0.717, 1.165) is 11.3 Å². The molecule has 0 radical (unpaired) electrons. The summed E-state index contributed by atoms with van der Waals surface area (Å²) in [5.41, 5.74) is 7.14. The lowest BCUT2D eigenvalue weighted by Gasteiger charge is -2.26. The Labute approximate surface area is 116 Å². The van der Waals surface area contributed by atoms with Gasteiger partial charge in [0.2, 0.25) is 0 Å². The molecule has 7 heteroatoms. The van der Waals surface area contributed by atoms with E-state index in [1.54, 1.807) is 23.7 Å². The quantitative estimate of drug-likeness (QED) is 0.850. The van der Waals surface area contributed by atoms with Crippen molar-refractivity contribution in [3.8, 4) is 17.1 Å². The number of likely N-dealkylation sites (N-methyl/N-ethyl adjacent to an activating group) is 1. The second-order valence-corrected chi connectivity index (χ2v) is 4.60. The zero-order valence-electron chi connectivity index (χ0n) is 11.3. The van der Waals surface area contributed by atoms with Crippen molar-refractivity contribution in [3.05, 3.63) is 24.0 Å². The molecule has 0 atom stereocenters. The van der Waals surface area contributed by atoms with Crippen molar-refractivity contribution in [2.45, 2.75) is 6.54 Å². The van der Waals surface area contributed by atoms with E-state index >= 15 is 0 Å². The first-order valence-electron chi connectivity index (χ1n) is 6.24. The van der Waals surface area contributed by atoms with E-state index in [9.17, 15) is 4.79 Å². The predicted octanol–water partition coefficient (Wildman–Crippen LogP) is 0.296. The Kier molecular flexibility index (Phi) is 2.90. The highest BCUT2D eigenvalue weighted by atomic mass is 16.5. The van der Waals surface area contributed by atoms with E-state index < -0.39 is 0 Å². The van der Waals surface area contributed by atoms with Crippen molar-refractivity contribution in [2.75, 3.05) is 18.6 Å². The van der Waals surface area contributed by atoms with Gasteiger partial charge in [-0.15, -0.1) is 0 Å². The number of anilines is 1. The van der Waals surface area contributed by atoms with Gasteiger partial charge in [0.1, 0.15) is 11.6 Å². The second kappa shape index (κ2) is 4.61. The van der Waals surface area contributed by atoms with Crippen molar-refractivity contribution in [3.63, 3.8) is 0 Å². The number of amides is 1. The molecule has 20 heavy (non-hydrogen) atoms. The molecule has 0 spiro atoms. The SMILES string of the molecule is CN1C(=O)COc2ccc(-c3nc(CN)n(C)n3)cc21. The fourth-order valence-corrected chi connectivity index (χ4v) is 2.13. The molecule has 2 N–H and O–H groups in total. The Morgan fingerprint density at radius 1 is 1.40 bits per heavy atom. The van der Waals surface area contributed by atoms with Gasteiger partial charge in [0.25, 0.3) is 5.91 Å². The highest BCUT2D eigenvalue weighted by Crippen LogP contribution is 2.34. The zero-order valence-corrected chi connectivity index (χ0v) is 11.3. The summed E-state index contributed by atoms with van der Waals surface area (Å²) in [6, 6.07) is 5.55.